The van der Waals surface area contributed by atoms with Gasteiger partial charge in [0.05, 0.1) is 18.0 Å². The second-order valence-corrected chi connectivity index (χ2v) is 9.00. The van der Waals surface area contributed by atoms with Gasteiger partial charge in [-0.2, -0.15) is 0 Å². The van der Waals surface area contributed by atoms with Gasteiger partial charge < -0.3 is 10.1 Å². The van der Waals surface area contributed by atoms with E-state index in [9.17, 15) is 4.79 Å². The Hall–Kier alpha value is -3.58. The number of carbonyl (C=O) groups is 1. The monoisotopic (exact) mass is 458 g/mol. The molecule has 3 aromatic carbocycles. The molecule has 0 aliphatic heterocycles. The van der Waals surface area contributed by atoms with E-state index in [1.54, 1.807) is 7.11 Å². The van der Waals surface area contributed by atoms with Crippen LogP contribution < -0.4 is 10.1 Å². The van der Waals surface area contributed by atoms with Crippen LogP contribution in [-0.2, 0) is 4.79 Å². The van der Waals surface area contributed by atoms with Crippen LogP contribution in [0.1, 0.15) is 18.1 Å². The SMILES string of the molecule is COc1ccccc1-n1c(SC(C)C(=O)Nc2c(C)cccc2C)nnc1-c1ccccc1. The van der Waals surface area contributed by atoms with Crippen molar-refractivity contribution in [1.82, 2.24) is 14.8 Å². The van der Waals surface area contributed by atoms with Crippen LogP contribution in [0.5, 0.6) is 5.75 Å². The van der Waals surface area contributed by atoms with Crippen LogP contribution in [0.3, 0.4) is 0 Å². The molecule has 1 amide bonds. The number of nitrogens with one attached hydrogen (secondary N) is 1. The maximum Gasteiger partial charge on any atom is 0.237 e. The number of methoxy groups -OCH3 is 1. The summed E-state index contributed by atoms with van der Waals surface area (Å²) in [4.78, 5) is 13.1. The van der Waals surface area contributed by atoms with Gasteiger partial charge in [-0.25, -0.2) is 0 Å². The Kier molecular flexibility index (Phi) is 6.79. The number of para-hydroxylation sites is 3. The van der Waals surface area contributed by atoms with Crippen LogP contribution in [0.4, 0.5) is 5.69 Å². The topological polar surface area (TPSA) is 69.0 Å². The van der Waals surface area contributed by atoms with E-state index < -0.39 is 5.25 Å². The maximum atomic E-state index is 13.1. The molecule has 1 aromatic heterocycles. The zero-order valence-corrected chi connectivity index (χ0v) is 19.9. The molecule has 6 nitrogen and oxygen atoms in total. The zero-order valence-electron chi connectivity index (χ0n) is 19.1. The van der Waals surface area contributed by atoms with Crippen LogP contribution in [0.15, 0.2) is 78.0 Å². The number of ether oxygens (including phenoxy) is 1. The molecule has 0 aliphatic carbocycles. The predicted octanol–water partition coefficient (Wildman–Crippen LogP) is 5.68. The third-order valence-corrected chi connectivity index (χ3v) is 6.41. The summed E-state index contributed by atoms with van der Waals surface area (Å²) in [7, 11) is 1.64. The fourth-order valence-corrected chi connectivity index (χ4v) is 4.46. The molecule has 7 heteroatoms. The van der Waals surface area contributed by atoms with Crippen LogP contribution >= 0.6 is 11.8 Å². The first kappa shape index (κ1) is 22.6. The number of benzene rings is 3. The van der Waals surface area contributed by atoms with Gasteiger partial charge in [-0.05, 0) is 44.0 Å². The molecule has 1 atom stereocenters. The highest BCUT2D eigenvalue weighted by molar-refractivity contribution is 8.00. The number of rotatable bonds is 7. The number of aryl methyl sites for hydroxylation is 2. The lowest BCUT2D eigenvalue weighted by molar-refractivity contribution is -0.115. The van der Waals surface area contributed by atoms with Gasteiger partial charge in [0.15, 0.2) is 11.0 Å². The van der Waals surface area contributed by atoms with Crippen LogP contribution in [0, 0.1) is 13.8 Å². The van der Waals surface area contributed by atoms with Gasteiger partial charge in [0, 0.05) is 11.3 Å². The molecule has 1 heterocycles. The van der Waals surface area contributed by atoms with Crippen molar-refractivity contribution in [2.75, 3.05) is 12.4 Å². The van der Waals surface area contributed by atoms with E-state index in [2.05, 4.69) is 15.5 Å². The molecule has 1 N–H and O–H groups in total. The normalized spacial score (nSPS) is 11.8. The lowest BCUT2D eigenvalue weighted by atomic mass is 10.1. The first-order valence-corrected chi connectivity index (χ1v) is 11.6. The maximum absolute atomic E-state index is 13.1. The average Bonchev–Trinajstić information content (AvgIpc) is 3.25. The number of anilines is 1. The van der Waals surface area contributed by atoms with Gasteiger partial charge in [0.25, 0.3) is 0 Å². The van der Waals surface area contributed by atoms with Crippen molar-refractivity contribution < 1.29 is 9.53 Å². The van der Waals surface area contributed by atoms with Crippen molar-refractivity contribution in [3.63, 3.8) is 0 Å². The molecule has 0 aliphatic rings. The van der Waals surface area contributed by atoms with Crippen molar-refractivity contribution in [2.24, 2.45) is 0 Å². The number of amides is 1. The highest BCUT2D eigenvalue weighted by atomic mass is 32.2. The average molecular weight is 459 g/mol. The molecule has 0 fully saturated rings. The number of nitrogens with zero attached hydrogens (tertiary/aromatic N) is 3. The minimum Gasteiger partial charge on any atom is -0.495 e. The lowest BCUT2D eigenvalue weighted by Crippen LogP contribution is -2.23. The number of aromatic nitrogens is 3. The first-order chi connectivity index (χ1) is 16.0. The van der Waals surface area contributed by atoms with Gasteiger partial charge >= 0.3 is 0 Å². The minimum absolute atomic E-state index is 0.0896. The number of hydrogen-bond donors (Lipinski definition) is 1. The lowest BCUT2D eigenvalue weighted by Gasteiger charge is -2.17. The fraction of sp³-hybridized carbons (Fsp3) is 0.192. The second kappa shape index (κ2) is 9.92. The van der Waals surface area contributed by atoms with E-state index in [-0.39, 0.29) is 5.91 Å². The van der Waals surface area contributed by atoms with Crippen molar-refractivity contribution in [3.05, 3.63) is 83.9 Å². The first-order valence-electron chi connectivity index (χ1n) is 10.7. The summed E-state index contributed by atoms with van der Waals surface area (Å²) >= 11 is 1.36. The fourth-order valence-electron chi connectivity index (χ4n) is 3.60. The van der Waals surface area contributed by atoms with E-state index in [0.717, 1.165) is 28.1 Å². The predicted molar refractivity (Wildman–Crippen MR) is 133 cm³/mol. The van der Waals surface area contributed by atoms with Crippen molar-refractivity contribution in [2.45, 2.75) is 31.2 Å². The molecule has 0 bridgehead atoms. The third-order valence-electron chi connectivity index (χ3n) is 5.37. The summed E-state index contributed by atoms with van der Waals surface area (Å²) < 4.78 is 7.55. The minimum atomic E-state index is -0.398. The van der Waals surface area contributed by atoms with Crippen LogP contribution in [0.25, 0.3) is 17.1 Å². The van der Waals surface area contributed by atoms with Crippen LogP contribution in [-0.4, -0.2) is 33.0 Å². The molecular weight excluding hydrogens is 432 g/mol. The highest BCUT2D eigenvalue weighted by Crippen LogP contribution is 2.34. The summed E-state index contributed by atoms with van der Waals surface area (Å²) in [6, 6.07) is 23.5. The van der Waals surface area contributed by atoms with E-state index in [4.69, 9.17) is 4.74 Å². The highest BCUT2D eigenvalue weighted by Gasteiger charge is 2.24. The molecule has 168 valence electrons. The quantitative estimate of drug-likeness (QED) is 0.361. The van der Waals surface area contributed by atoms with Crippen molar-refractivity contribution >= 4 is 23.4 Å². The van der Waals surface area contributed by atoms with Gasteiger partial charge in [-0.15, -0.1) is 10.2 Å². The Labute approximate surface area is 198 Å². The summed E-state index contributed by atoms with van der Waals surface area (Å²) in [5.41, 5.74) is 4.66. The third kappa shape index (κ3) is 4.78. The van der Waals surface area contributed by atoms with E-state index >= 15 is 0 Å². The van der Waals surface area contributed by atoms with Crippen LogP contribution in [0.2, 0.25) is 0 Å². The number of thioether (sulfide) groups is 1. The summed E-state index contributed by atoms with van der Waals surface area (Å²) in [5.74, 6) is 1.29. The summed E-state index contributed by atoms with van der Waals surface area (Å²) in [6.07, 6.45) is 0. The molecule has 0 saturated heterocycles. The Morgan fingerprint density at radius 2 is 1.61 bits per heavy atom. The van der Waals surface area contributed by atoms with Gasteiger partial charge in [-0.1, -0.05) is 72.4 Å². The Bertz CT molecular complexity index is 1250. The van der Waals surface area contributed by atoms with Gasteiger partial charge in [-0.3, -0.25) is 9.36 Å². The van der Waals surface area contributed by atoms with Crippen molar-refractivity contribution in [3.8, 4) is 22.8 Å². The summed E-state index contributed by atoms with van der Waals surface area (Å²) in [5, 5.41) is 12.2. The standard InChI is InChI=1S/C26H26N4O2S/c1-17-11-10-12-18(2)23(17)27-25(31)19(3)33-26-29-28-24(20-13-6-5-7-14-20)30(26)21-15-8-9-16-22(21)32-4/h5-16,19H,1-4H3,(H,27,31). The Morgan fingerprint density at radius 1 is 0.939 bits per heavy atom. The molecule has 0 saturated carbocycles. The molecular formula is C26H26N4O2S. The van der Waals surface area contributed by atoms with Gasteiger partial charge in [0.1, 0.15) is 5.75 Å². The summed E-state index contributed by atoms with van der Waals surface area (Å²) in [6.45, 7) is 5.85. The second-order valence-electron chi connectivity index (χ2n) is 7.70. The van der Waals surface area contributed by atoms with E-state index in [1.807, 2.05) is 98.1 Å². The molecule has 0 spiro atoms. The zero-order chi connectivity index (χ0) is 23.4. The molecule has 1 unspecified atom stereocenters. The Morgan fingerprint density at radius 3 is 2.30 bits per heavy atom. The van der Waals surface area contributed by atoms with Crippen molar-refractivity contribution in [1.29, 1.82) is 0 Å². The van der Waals surface area contributed by atoms with E-state index in [1.165, 1.54) is 11.8 Å². The largest absolute Gasteiger partial charge is 0.495 e. The molecule has 4 aromatic rings. The number of hydrogen-bond acceptors (Lipinski definition) is 5. The Balaban J connectivity index is 1.69. The smallest absolute Gasteiger partial charge is 0.237 e. The molecule has 0 radical (unpaired) electrons. The number of carbonyl (C=O) groups excluding carboxylic acids is 1. The van der Waals surface area contributed by atoms with E-state index in [0.29, 0.717) is 16.7 Å². The van der Waals surface area contributed by atoms with Gasteiger partial charge in [0.2, 0.25) is 5.91 Å². The molecule has 33 heavy (non-hydrogen) atoms. The molecule has 4 rings (SSSR count).